The van der Waals surface area contributed by atoms with Gasteiger partial charge in [-0.3, -0.25) is 4.79 Å². The molecule has 0 spiro atoms. The number of rotatable bonds is 7. The number of hydrogen-bond donors (Lipinski definition) is 2. The first-order valence-corrected chi connectivity index (χ1v) is 13.0. The summed E-state index contributed by atoms with van der Waals surface area (Å²) in [5.41, 5.74) is 8.58. The van der Waals surface area contributed by atoms with Crippen molar-refractivity contribution in [1.82, 2.24) is 4.98 Å². The highest BCUT2D eigenvalue weighted by atomic mass is 16.4. The van der Waals surface area contributed by atoms with Crippen molar-refractivity contribution >= 4 is 17.6 Å². The van der Waals surface area contributed by atoms with Crippen molar-refractivity contribution < 1.29 is 9.21 Å². The van der Waals surface area contributed by atoms with E-state index in [1.54, 1.807) is 24.4 Å². The van der Waals surface area contributed by atoms with Crippen molar-refractivity contribution in [3.63, 3.8) is 0 Å². The highest BCUT2D eigenvalue weighted by Gasteiger charge is 2.30. The molecule has 186 valence electrons. The Hall–Kier alpha value is -3.79. The summed E-state index contributed by atoms with van der Waals surface area (Å²) in [6.45, 7) is 2.14. The Balaban J connectivity index is 1.23. The van der Waals surface area contributed by atoms with Crippen molar-refractivity contribution in [1.29, 1.82) is 5.26 Å². The van der Waals surface area contributed by atoms with E-state index < -0.39 is 5.91 Å². The zero-order chi connectivity index (χ0) is 24.9. The van der Waals surface area contributed by atoms with E-state index in [0.29, 0.717) is 40.8 Å². The molecule has 1 saturated carbocycles. The summed E-state index contributed by atoms with van der Waals surface area (Å²) in [5, 5.41) is 12.7. The van der Waals surface area contributed by atoms with Gasteiger partial charge >= 0.3 is 0 Å². The molecule has 3 atom stereocenters. The van der Waals surface area contributed by atoms with Crippen molar-refractivity contribution in [2.75, 3.05) is 23.3 Å². The highest BCUT2D eigenvalue weighted by molar-refractivity contribution is 5.93. The lowest BCUT2D eigenvalue weighted by Gasteiger charge is -2.39. The smallest absolute Gasteiger partial charge is 0.295 e. The van der Waals surface area contributed by atoms with E-state index in [4.69, 9.17) is 15.4 Å². The van der Waals surface area contributed by atoms with Gasteiger partial charge in [0.05, 0.1) is 17.8 Å². The zero-order valence-electron chi connectivity index (χ0n) is 20.5. The predicted octanol–water partition coefficient (Wildman–Crippen LogP) is 5.59. The van der Waals surface area contributed by atoms with Crippen LogP contribution in [0.15, 0.2) is 59.1 Å². The van der Waals surface area contributed by atoms with Crippen LogP contribution in [0.3, 0.4) is 0 Å². The maximum Gasteiger partial charge on any atom is 0.295 e. The van der Waals surface area contributed by atoms with Crippen LogP contribution in [0.5, 0.6) is 0 Å². The van der Waals surface area contributed by atoms with Gasteiger partial charge in [0.25, 0.3) is 6.01 Å². The monoisotopic (exact) mass is 483 g/mol. The molecule has 7 nitrogen and oxygen atoms in total. The molecule has 1 aliphatic carbocycles. The van der Waals surface area contributed by atoms with Gasteiger partial charge in [-0.25, -0.2) is 4.98 Å². The largest absolute Gasteiger partial charge is 0.424 e. The molecule has 3 N–H and O–H groups in total. The number of oxazole rings is 1. The second-order valence-corrected chi connectivity index (χ2v) is 10.1. The van der Waals surface area contributed by atoms with Gasteiger partial charge in [-0.2, -0.15) is 5.26 Å². The summed E-state index contributed by atoms with van der Waals surface area (Å²) in [5.74, 6) is 1.40. The number of nitrogens with two attached hydrogens (primary N) is 1. The molecule has 2 heterocycles. The quantitative estimate of drug-likeness (QED) is 0.453. The molecule has 2 fully saturated rings. The second kappa shape index (κ2) is 10.9. The number of hydrogen-bond acceptors (Lipinski definition) is 6. The minimum absolute atomic E-state index is 0.340. The van der Waals surface area contributed by atoms with Gasteiger partial charge in [0.2, 0.25) is 5.91 Å². The van der Waals surface area contributed by atoms with Crippen LogP contribution in [0.25, 0.3) is 11.3 Å². The molecule has 1 amide bonds. The Morgan fingerprint density at radius 2 is 1.97 bits per heavy atom. The third kappa shape index (κ3) is 5.54. The maximum atomic E-state index is 11.5. The number of primary amides is 1. The van der Waals surface area contributed by atoms with Gasteiger partial charge in [-0.1, -0.05) is 25.0 Å². The van der Waals surface area contributed by atoms with Crippen LogP contribution in [0.1, 0.15) is 60.9 Å². The van der Waals surface area contributed by atoms with E-state index in [1.807, 2.05) is 18.2 Å². The van der Waals surface area contributed by atoms with Crippen molar-refractivity contribution in [2.24, 2.45) is 17.6 Å². The molecule has 1 saturated heterocycles. The number of anilines is 2. The van der Waals surface area contributed by atoms with Gasteiger partial charge in [0.15, 0.2) is 5.76 Å². The normalized spacial score (nSPS) is 22.1. The SMILES string of the molecule is N#Cc1ccc(N2CCC[C@H](C[C@@H]3CCCC[C@H]3Nc3ncc(-c4cccc(C(N)=O)c4)o3)C2)cc1. The molecule has 1 aromatic heterocycles. The molecule has 1 aliphatic heterocycles. The van der Waals surface area contributed by atoms with E-state index in [9.17, 15) is 4.79 Å². The summed E-state index contributed by atoms with van der Waals surface area (Å²) < 4.78 is 6.03. The molecule has 2 aromatic carbocycles. The van der Waals surface area contributed by atoms with E-state index in [0.717, 1.165) is 25.1 Å². The Morgan fingerprint density at radius 1 is 1.14 bits per heavy atom. The van der Waals surface area contributed by atoms with Crippen LogP contribution in [-0.2, 0) is 0 Å². The lowest BCUT2D eigenvalue weighted by atomic mass is 9.77. The Morgan fingerprint density at radius 3 is 2.78 bits per heavy atom. The Bertz CT molecular complexity index is 1230. The third-order valence-corrected chi connectivity index (χ3v) is 7.67. The van der Waals surface area contributed by atoms with Gasteiger partial charge in [-0.15, -0.1) is 0 Å². The molecule has 7 heteroatoms. The summed E-state index contributed by atoms with van der Waals surface area (Å²) in [6, 6.07) is 18.2. The number of carbonyl (C=O) groups is 1. The van der Waals surface area contributed by atoms with Crippen LogP contribution in [0, 0.1) is 23.2 Å². The average Bonchev–Trinajstić information content (AvgIpc) is 3.39. The number of carbonyl (C=O) groups excluding carboxylic acids is 1. The average molecular weight is 484 g/mol. The molecule has 0 unspecified atom stereocenters. The standard InChI is InChI=1S/C29H33N5O2/c30-17-20-10-12-25(13-11-20)34-14-4-5-21(19-34)15-22-6-1-2-9-26(22)33-29-32-18-27(36-29)23-7-3-8-24(16-23)28(31)35/h3,7-8,10-13,16,18,21-22,26H,1-2,4-6,9,14-15,19H2,(H2,31,35)(H,32,33)/t21-,22+,26-/m1/s1. The van der Waals surface area contributed by atoms with E-state index in [1.165, 1.54) is 44.2 Å². The van der Waals surface area contributed by atoms with Crippen LogP contribution >= 0.6 is 0 Å². The van der Waals surface area contributed by atoms with Crippen LogP contribution in [-0.4, -0.2) is 30.0 Å². The van der Waals surface area contributed by atoms with Crippen molar-refractivity contribution in [3.05, 3.63) is 65.9 Å². The number of amides is 1. The van der Waals surface area contributed by atoms with Crippen LogP contribution in [0.2, 0.25) is 0 Å². The zero-order valence-corrected chi connectivity index (χ0v) is 20.5. The topological polar surface area (TPSA) is 108 Å². The number of benzene rings is 2. The van der Waals surface area contributed by atoms with Crippen LogP contribution in [0.4, 0.5) is 11.7 Å². The van der Waals surface area contributed by atoms with Crippen LogP contribution < -0.4 is 16.0 Å². The van der Waals surface area contributed by atoms with Crippen molar-refractivity contribution in [2.45, 2.75) is 51.0 Å². The number of aromatic nitrogens is 1. The number of nitriles is 1. The van der Waals surface area contributed by atoms with Crippen molar-refractivity contribution in [3.8, 4) is 17.4 Å². The first-order chi connectivity index (χ1) is 17.6. The summed E-state index contributed by atoms with van der Waals surface area (Å²) in [6.07, 6.45) is 10.2. The molecule has 2 aliphatic rings. The lowest BCUT2D eigenvalue weighted by molar-refractivity contribution is 0.100. The number of nitrogens with one attached hydrogen (secondary N) is 1. The Labute approximate surface area is 212 Å². The van der Waals surface area contributed by atoms with E-state index in [-0.39, 0.29) is 0 Å². The second-order valence-electron chi connectivity index (χ2n) is 10.1. The van der Waals surface area contributed by atoms with E-state index in [2.05, 4.69) is 33.4 Å². The summed E-state index contributed by atoms with van der Waals surface area (Å²) in [4.78, 5) is 18.5. The molecular formula is C29H33N5O2. The van der Waals surface area contributed by atoms with Gasteiger partial charge in [0, 0.05) is 35.9 Å². The fourth-order valence-electron chi connectivity index (χ4n) is 5.81. The van der Waals surface area contributed by atoms with Gasteiger partial charge in [0.1, 0.15) is 0 Å². The van der Waals surface area contributed by atoms with Gasteiger partial charge < -0.3 is 20.4 Å². The summed E-state index contributed by atoms with van der Waals surface area (Å²) in [7, 11) is 0. The minimum Gasteiger partial charge on any atom is -0.424 e. The molecule has 3 aromatic rings. The molecule has 5 rings (SSSR count). The fourth-order valence-corrected chi connectivity index (χ4v) is 5.81. The molecular weight excluding hydrogens is 450 g/mol. The molecule has 0 bridgehead atoms. The fraction of sp³-hybridized carbons (Fsp3) is 0.414. The minimum atomic E-state index is -0.458. The maximum absolute atomic E-state index is 11.5. The number of nitrogens with zero attached hydrogens (tertiary/aromatic N) is 3. The third-order valence-electron chi connectivity index (χ3n) is 7.67. The molecule has 0 radical (unpaired) electrons. The molecule has 36 heavy (non-hydrogen) atoms. The Kier molecular flexibility index (Phi) is 7.22. The summed E-state index contributed by atoms with van der Waals surface area (Å²) >= 11 is 0. The first kappa shape index (κ1) is 23.9. The van der Waals surface area contributed by atoms with Gasteiger partial charge in [-0.05, 0) is 80.3 Å². The van der Waals surface area contributed by atoms with E-state index >= 15 is 0 Å². The first-order valence-electron chi connectivity index (χ1n) is 13.0. The predicted molar refractivity (Wildman–Crippen MR) is 141 cm³/mol. The highest BCUT2D eigenvalue weighted by Crippen LogP contribution is 2.36. The number of piperidine rings is 1. The lowest BCUT2D eigenvalue weighted by Crippen LogP contribution is -2.39.